The van der Waals surface area contributed by atoms with Crippen LogP contribution in [0.4, 0.5) is 0 Å². The van der Waals surface area contributed by atoms with Gasteiger partial charge in [0, 0.05) is 5.92 Å². The number of hydrogen-bond donors (Lipinski definition) is 1. The van der Waals surface area contributed by atoms with E-state index in [1.54, 1.807) is 0 Å². The molecule has 0 aromatic heterocycles. The minimum atomic E-state index is -0.373. The van der Waals surface area contributed by atoms with Gasteiger partial charge >= 0.3 is 0 Å². The highest BCUT2D eigenvalue weighted by Gasteiger charge is 2.44. The normalized spacial score (nSPS) is 45.8. The SMILES string of the molecule is C=C1[C@H]2CCCC[C@]2(O)CC[C@@H]1C. The van der Waals surface area contributed by atoms with Gasteiger partial charge in [0.1, 0.15) is 0 Å². The lowest BCUT2D eigenvalue weighted by Crippen LogP contribution is -2.45. The molecule has 0 aromatic carbocycles. The Bertz CT molecular complexity index is 221. The molecule has 0 unspecified atom stereocenters. The second kappa shape index (κ2) is 3.13. The Kier molecular flexibility index (Phi) is 2.23. The van der Waals surface area contributed by atoms with Crippen LogP contribution in [0.2, 0.25) is 0 Å². The predicted molar refractivity (Wildman–Crippen MR) is 54.4 cm³/mol. The molecule has 0 saturated heterocycles. The van der Waals surface area contributed by atoms with E-state index in [9.17, 15) is 5.11 Å². The van der Waals surface area contributed by atoms with Gasteiger partial charge in [-0.25, -0.2) is 0 Å². The van der Waals surface area contributed by atoms with Crippen LogP contribution in [0.15, 0.2) is 12.2 Å². The molecule has 0 aromatic rings. The predicted octanol–water partition coefficient (Wildman–Crippen LogP) is 2.89. The lowest BCUT2D eigenvalue weighted by molar-refractivity contribution is -0.0602. The molecule has 0 radical (unpaired) electrons. The van der Waals surface area contributed by atoms with E-state index in [0.717, 1.165) is 19.3 Å². The van der Waals surface area contributed by atoms with Crippen molar-refractivity contribution in [3.63, 3.8) is 0 Å². The van der Waals surface area contributed by atoms with Gasteiger partial charge in [0.15, 0.2) is 0 Å². The molecule has 0 heterocycles. The van der Waals surface area contributed by atoms with Crippen LogP contribution in [0, 0.1) is 11.8 Å². The first-order valence-electron chi connectivity index (χ1n) is 5.54. The van der Waals surface area contributed by atoms with Crippen molar-refractivity contribution in [1.29, 1.82) is 0 Å². The van der Waals surface area contributed by atoms with E-state index in [0.29, 0.717) is 11.8 Å². The van der Waals surface area contributed by atoms with Crippen LogP contribution < -0.4 is 0 Å². The molecule has 74 valence electrons. The fraction of sp³-hybridized carbons (Fsp3) is 0.833. The summed E-state index contributed by atoms with van der Waals surface area (Å²) in [6.07, 6.45) is 6.78. The van der Waals surface area contributed by atoms with E-state index >= 15 is 0 Å². The van der Waals surface area contributed by atoms with E-state index < -0.39 is 0 Å². The van der Waals surface area contributed by atoms with Gasteiger partial charge in [-0.2, -0.15) is 0 Å². The Morgan fingerprint density at radius 3 is 2.85 bits per heavy atom. The minimum Gasteiger partial charge on any atom is -0.389 e. The molecule has 13 heavy (non-hydrogen) atoms. The highest BCUT2D eigenvalue weighted by molar-refractivity contribution is 5.16. The molecule has 1 N–H and O–H groups in total. The van der Waals surface area contributed by atoms with Gasteiger partial charge < -0.3 is 5.11 Å². The molecule has 2 aliphatic rings. The third-order valence-corrected chi connectivity index (χ3v) is 4.09. The molecular formula is C12H20O. The Balaban J connectivity index is 2.20. The quantitative estimate of drug-likeness (QED) is 0.568. The lowest BCUT2D eigenvalue weighted by atomic mass is 9.62. The minimum absolute atomic E-state index is 0.373. The Morgan fingerprint density at radius 2 is 2.08 bits per heavy atom. The van der Waals surface area contributed by atoms with Gasteiger partial charge in [-0.3, -0.25) is 0 Å². The molecular weight excluding hydrogens is 160 g/mol. The smallest absolute Gasteiger partial charge is 0.0713 e. The van der Waals surface area contributed by atoms with Crippen molar-refractivity contribution in [2.75, 3.05) is 0 Å². The van der Waals surface area contributed by atoms with Crippen molar-refractivity contribution in [3.05, 3.63) is 12.2 Å². The molecule has 1 heteroatoms. The fourth-order valence-corrected chi connectivity index (χ4v) is 3.05. The fourth-order valence-electron chi connectivity index (χ4n) is 3.05. The number of aliphatic hydroxyl groups is 1. The van der Waals surface area contributed by atoms with Crippen molar-refractivity contribution < 1.29 is 5.11 Å². The molecule has 1 nitrogen and oxygen atoms in total. The van der Waals surface area contributed by atoms with Crippen LogP contribution >= 0.6 is 0 Å². The number of fused-ring (bicyclic) bond motifs is 1. The average Bonchev–Trinajstić information content (AvgIpc) is 2.12. The molecule has 0 bridgehead atoms. The summed E-state index contributed by atoms with van der Waals surface area (Å²) >= 11 is 0. The van der Waals surface area contributed by atoms with Crippen LogP contribution in [0.3, 0.4) is 0 Å². The highest BCUT2D eigenvalue weighted by Crippen LogP contribution is 2.47. The monoisotopic (exact) mass is 180 g/mol. The zero-order valence-electron chi connectivity index (χ0n) is 8.55. The van der Waals surface area contributed by atoms with Gasteiger partial charge in [0.05, 0.1) is 5.60 Å². The van der Waals surface area contributed by atoms with E-state index in [1.165, 1.54) is 24.8 Å². The summed E-state index contributed by atoms with van der Waals surface area (Å²) in [5.41, 5.74) is 0.940. The van der Waals surface area contributed by atoms with E-state index in [4.69, 9.17) is 0 Å². The maximum absolute atomic E-state index is 10.4. The van der Waals surface area contributed by atoms with E-state index in [2.05, 4.69) is 13.5 Å². The summed E-state index contributed by atoms with van der Waals surface area (Å²) in [5.74, 6) is 1.04. The third kappa shape index (κ3) is 1.43. The van der Waals surface area contributed by atoms with Gasteiger partial charge in [-0.05, 0) is 31.6 Å². The second-order valence-electron chi connectivity index (χ2n) is 4.92. The Hall–Kier alpha value is -0.300. The summed E-state index contributed by atoms with van der Waals surface area (Å²) in [5, 5.41) is 10.4. The summed E-state index contributed by atoms with van der Waals surface area (Å²) < 4.78 is 0. The zero-order chi connectivity index (χ0) is 9.47. The first kappa shape index (κ1) is 9.26. The second-order valence-corrected chi connectivity index (χ2v) is 4.92. The molecule has 2 fully saturated rings. The van der Waals surface area contributed by atoms with Gasteiger partial charge in [0.25, 0.3) is 0 Å². The first-order valence-corrected chi connectivity index (χ1v) is 5.54. The molecule has 0 aliphatic heterocycles. The summed E-state index contributed by atoms with van der Waals surface area (Å²) in [7, 11) is 0. The molecule has 2 aliphatic carbocycles. The first-order chi connectivity index (χ1) is 6.13. The van der Waals surface area contributed by atoms with E-state index in [-0.39, 0.29) is 5.60 Å². The average molecular weight is 180 g/mol. The molecule has 2 rings (SSSR count). The van der Waals surface area contributed by atoms with Gasteiger partial charge in [0.2, 0.25) is 0 Å². The molecule has 0 spiro atoms. The third-order valence-electron chi connectivity index (χ3n) is 4.09. The molecule has 3 atom stereocenters. The van der Waals surface area contributed by atoms with Crippen LogP contribution in [0.1, 0.15) is 45.4 Å². The Labute approximate surface area is 80.8 Å². The van der Waals surface area contributed by atoms with Crippen molar-refractivity contribution >= 4 is 0 Å². The van der Waals surface area contributed by atoms with Crippen molar-refractivity contribution in [3.8, 4) is 0 Å². The topological polar surface area (TPSA) is 20.2 Å². The van der Waals surface area contributed by atoms with Crippen LogP contribution in [-0.2, 0) is 0 Å². The van der Waals surface area contributed by atoms with Gasteiger partial charge in [-0.1, -0.05) is 31.9 Å². The van der Waals surface area contributed by atoms with Crippen molar-refractivity contribution in [2.24, 2.45) is 11.8 Å². The lowest BCUT2D eigenvalue weighted by Gasteiger charge is -2.47. The molecule has 2 saturated carbocycles. The summed E-state index contributed by atoms with van der Waals surface area (Å²) in [4.78, 5) is 0. The summed E-state index contributed by atoms with van der Waals surface area (Å²) in [6, 6.07) is 0. The maximum atomic E-state index is 10.4. The van der Waals surface area contributed by atoms with Gasteiger partial charge in [-0.15, -0.1) is 0 Å². The van der Waals surface area contributed by atoms with E-state index in [1.807, 2.05) is 0 Å². The van der Waals surface area contributed by atoms with Crippen molar-refractivity contribution in [1.82, 2.24) is 0 Å². The Morgan fingerprint density at radius 1 is 1.31 bits per heavy atom. The largest absolute Gasteiger partial charge is 0.389 e. The highest BCUT2D eigenvalue weighted by atomic mass is 16.3. The van der Waals surface area contributed by atoms with Crippen LogP contribution in [0.25, 0.3) is 0 Å². The standard InChI is InChI=1S/C12H20O/c1-9-6-8-12(13)7-4-3-5-11(12)10(9)2/h9,11,13H,2-8H2,1H3/t9-,11+,12-/m0/s1. The zero-order valence-corrected chi connectivity index (χ0v) is 8.55. The van der Waals surface area contributed by atoms with Crippen molar-refractivity contribution in [2.45, 2.75) is 51.0 Å². The number of rotatable bonds is 0. The van der Waals surface area contributed by atoms with Crippen LogP contribution in [-0.4, -0.2) is 10.7 Å². The number of hydrogen-bond acceptors (Lipinski definition) is 1. The maximum Gasteiger partial charge on any atom is 0.0713 e. The summed E-state index contributed by atoms with van der Waals surface area (Å²) in [6.45, 7) is 6.41. The van der Waals surface area contributed by atoms with Crippen LogP contribution in [0.5, 0.6) is 0 Å². The molecule has 0 amide bonds.